The largest absolute Gasteiger partial charge is 2.00 e. The van der Waals surface area contributed by atoms with Gasteiger partial charge in [0.25, 0.3) is 0 Å². The number of aliphatic hydroxyl groups is 12. The molecule has 0 saturated heterocycles. The zero-order chi connectivity index (χ0) is 75.8. The van der Waals surface area contributed by atoms with E-state index >= 15 is 0 Å². The van der Waals surface area contributed by atoms with Gasteiger partial charge in [-0.15, -0.1) is 0 Å². The molecule has 0 aromatic heterocycles. The molecule has 0 aliphatic carbocycles. The molecule has 0 aromatic carbocycles. The van der Waals surface area contributed by atoms with Gasteiger partial charge in [-0.3, -0.25) is 0 Å². The second-order valence-corrected chi connectivity index (χ2v) is 4.92. The van der Waals surface area contributed by atoms with Crippen molar-refractivity contribution in [3.63, 3.8) is 0 Å². The van der Waals surface area contributed by atoms with E-state index in [1.54, 1.807) is 0 Å². The normalized spacial score (nSPS) is 4.16. The van der Waals surface area contributed by atoms with E-state index < -0.39 is 59.7 Å². The van der Waals surface area contributed by atoms with Crippen molar-refractivity contribution < 1.29 is 350 Å². The van der Waals surface area contributed by atoms with Crippen molar-refractivity contribution in [2.45, 2.75) is 69.2 Å². The van der Waals surface area contributed by atoms with Crippen LogP contribution in [0.4, 0.5) is 0 Å². The van der Waals surface area contributed by atoms with E-state index in [1.807, 2.05) is 0 Å². The molecule has 0 aliphatic rings. The molecule has 0 spiro atoms. The molecule has 0 radical (unpaired) electrons. The van der Waals surface area contributed by atoms with Crippen LogP contribution in [0, 0.1) is 0 Å². The Morgan fingerprint density at radius 1 is 0.135 bits per heavy atom. The number of carboxylic acid groups (broad SMARTS) is 10. The molecule has 0 atom stereocenters. The summed E-state index contributed by atoms with van der Waals surface area (Å²) in [4.78, 5) is 88.9. The maximum atomic E-state index is 8.89. The van der Waals surface area contributed by atoms with Crippen LogP contribution in [-0.4, -0.2) is 263 Å². The molecule has 89 heavy (non-hydrogen) atoms. The number of carbonyl (C=O) groups is 10. The van der Waals surface area contributed by atoms with E-state index in [-0.39, 0.29) is 148 Å². The van der Waals surface area contributed by atoms with Crippen molar-refractivity contribution in [2.75, 3.05) is 142 Å². The summed E-state index contributed by atoms with van der Waals surface area (Å²) in [6.07, 6.45) is 0. The van der Waals surface area contributed by atoms with Gasteiger partial charge in [0.2, 0.25) is 0 Å². The van der Waals surface area contributed by atoms with E-state index in [1.165, 1.54) is 0 Å². The molecule has 12 N–H and O–H groups in total. The van der Waals surface area contributed by atoms with Crippen LogP contribution in [0.1, 0.15) is 69.2 Å². The predicted molar refractivity (Wildman–Crippen MR) is 252 cm³/mol. The first-order chi connectivity index (χ1) is 37.3. The summed E-state index contributed by atoms with van der Waals surface area (Å²) in [7, 11) is 18.0. The van der Waals surface area contributed by atoms with Gasteiger partial charge in [-0.2, -0.15) is 56.9 Å². The van der Waals surface area contributed by atoms with Gasteiger partial charge in [-0.05, 0) is 69.2 Å². The molecule has 0 saturated carbocycles. The van der Waals surface area contributed by atoms with E-state index in [9.17, 15) is 0 Å². The van der Waals surface area contributed by atoms with E-state index in [2.05, 4.69) is 0 Å². The Kier molecular flexibility index (Phi) is 2450. The van der Waals surface area contributed by atoms with Gasteiger partial charge in [-0.1, -0.05) is 0 Å². The average molecular weight is 1750 g/mol. The number of aliphatic hydroxyl groups excluding tert-OH is 12. The van der Waals surface area contributed by atoms with Crippen LogP contribution in [0.5, 0.6) is 0 Å². The van der Waals surface area contributed by atoms with Crippen molar-refractivity contribution in [3.05, 3.63) is 0 Å². The zero-order valence-electron chi connectivity index (χ0n) is 54.6. The Balaban J connectivity index is -0.00000000788. The molecule has 0 rings (SSSR count). The van der Waals surface area contributed by atoms with Crippen LogP contribution < -0.4 is 91.9 Å². The van der Waals surface area contributed by atoms with Crippen molar-refractivity contribution in [1.29, 1.82) is 0 Å². The maximum absolute atomic E-state index is 8.89. The van der Waals surface area contributed by atoms with Crippen LogP contribution in [0.25, 0.3) is 0 Å². The Bertz CT molecular complexity index is 552. The van der Waals surface area contributed by atoms with Crippen LogP contribution in [-0.2, 0) is 196 Å². The SMILES string of the molecule is CC(=O)[O-].CC(=O)[O-].CC(=O)[O-].CC(=O)[O-].CC(=O)[O-].CC(=O)[O-].CC(=O)[O-].CC(=O)[O-].CC(=O)[O-].CC(=O)[O-].CO.CO.CO.CO.CO.CO.CO.CO.CO.CO.CO.CO.C[O-].C[O-].C[O-].C[O-].C[O-].C[O-].C[O-].C[O-].[Ni+2].[Ni+2].[Ni+2].[Ni+2].[Ni+2].[Ni+2].[Ni+2].[Ni+2].[Ni+2]. The Morgan fingerprint density at radius 2 is 0.135 bits per heavy atom. The molecule has 49 heteroatoms. The van der Waals surface area contributed by atoms with Gasteiger partial charge in [0.15, 0.2) is 0 Å². The molecule has 592 valence electrons. The van der Waals surface area contributed by atoms with Crippen LogP contribution in [0.3, 0.4) is 0 Å². The van der Waals surface area contributed by atoms with Crippen LogP contribution >= 0.6 is 0 Å². The minimum absolute atomic E-state index is 0. The molecule has 0 bridgehead atoms. The van der Waals surface area contributed by atoms with E-state index in [0.717, 1.165) is 211 Å². The van der Waals surface area contributed by atoms with Gasteiger partial charge in [0.1, 0.15) is 0 Å². The van der Waals surface area contributed by atoms with Gasteiger partial charge < -0.3 is 201 Å². The Hall–Kier alpha value is -1.66. The van der Waals surface area contributed by atoms with E-state index in [4.69, 9.17) is 201 Å². The summed E-state index contributed by atoms with van der Waals surface area (Å²) >= 11 is 0. The quantitative estimate of drug-likeness (QED) is 0.100. The fraction of sp³-hybridized carbons (Fsp3) is 0.750. The third-order valence-electron chi connectivity index (χ3n) is 0. The first-order valence-corrected chi connectivity index (χ1v) is 17.7. The van der Waals surface area contributed by atoms with Crippen LogP contribution in [0.2, 0.25) is 0 Å². The number of rotatable bonds is 0. The molecule has 0 unspecified atom stereocenters. The minimum atomic E-state index is -1.08. The summed E-state index contributed by atoms with van der Waals surface area (Å²) in [5.74, 6) is -10.8. The molecule has 0 aromatic rings. The number of aliphatic carboxylic acids is 10. The van der Waals surface area contributed by atoms with E-state index in [0.29, 0.717) is 0 Å². The first kappa shape index (κ1) is 279. The summed E-state index contributed by atoms with van der Waals surface area (Å²) in [6.45, 7) is 9.72. The molecule has 40 nitrogen and oxygen atoms in total. The third kappa shape index (κ3) is 223000. The summed E-state index contributed by atoms with van der Waals surface area (Å²) < 4.78 is 0. The molecule has 0 amide bonds. The molecular weight excluding hydrogens is 1650 g/mol. The molecule has 0 heterocycles. The Labute approximate surface area is 616 Å². The van der Waals surface area contributed by atoms with Gasteiger partial charge >= 0.3 is 148 Å². The summed E-state index contributed by atoms with van der Waals surface area (Å²) in [5, 5.41) is 239. The number of carboxylic acids is 10. The van der Waals surface area contributed by atoms with Crippen molar-refractivity contribution in [1.82, 2.24) is 0 Å². The van der Waals surface area contributed by atoms with Gasteiger partial charge in [0.05, 0.1) is 0 Å². The number of hydrogen-bond donors (Lipinski definition) is 12. The van der Waals surface area contributed by atoms with Gasteiger partial charge in [0, 0.05) is 145 Å². The minimum Gasteiger partial charge on any atom is -0.857 e. The van der Waals surface area contributed by atoms with Crippen LogP contribution in [0.15, 0.2) is 0 Å². The molecule has 0 aliphatic heterocycles. The second kappa shape index (κ2) is 783. The fourth-order valence-electron chi connectivity index (χ4n) is 0. The average Bonchev–Trinajstić information content (AvgIpc) is 3.44. The smallest absolute Gasteiger partial charge is 0.857 e. The number of hydrogen-bond acceptors (Lipinski definition) is 40. The molecule has 0 fully saturated rings. The topological polar surface area (TPSA) is 829 Å². The van der Waals surface area contributed by atoms with Gasteiger partial charge in [-0.25, -0.2) is 0 Å². The third-order valence-corrected chi connectivity index (χ3v) is 0. The Morgan fingerprint density at radius 3 is 0.135 bits per heavy atom. The standard InChI is InChI=1S/10C2H4O2.12CH4O.8CH3O.9Ni/c10*1-2(3)4;20*1-2;;;;;;;;;/h10*1H3,(H,3,4);12*2H,1H3;8*1H3;;;;;;;;;/q;;;;;;;;;;;;;;;;;;;;;;8*-1;9*+2/p-10. The summed E-state index contributed by atoms with van der Waals surface area (Å²) in [5.41, 5.74) is 0. The fourth-order valence-corrected chi connectivity index (χ4v) is 0. The van der Waals surface area contributed by atoms with Crippen molar-refractivity contribution >= 4 is 59.7 Å². The second-order valence-electron chi connectivity index (χ2n) is 4.92. The van der Waals surface area contributed by atoms with Crippen molar-refractivity contribution in [2.24, 2.45) is 0 Å². The van der Waals surface area contributed by atoms with Crippen molar-refractivity contribution in [3.8, 4) is 0 Å². The first-order valence-electron chi connectivity index (χ1n) is 17.7. The predicted octanol–water partition coefficient (Wildman–Crippen LogP) is -25.3. The maximum Gasteiger partial charge on any atom is 2.00 e. The molecular formula is C40H102Ni9O40. The zero-order valence-corrected chi connectivity index (χ0v) is 63.5. The summed E-state index contributed by atoms with van der Waals surface area (Å²) in [6, 6.07) is 0. The number of carbonyl (C=O) groups excluding carboxylic acids is 10. The monoisotopic (exact) mass is 1740 g/mol.